The minimum absolute atomic E-state index is 0.824. The van der Waals surface area contributed by atoms with Crippen LogP contribution in [-0.2, 0) is 0 Å². The van der Waals surface area contributed by atoms with Gasteiger partial charge in [0.2, 0.25) is 0 Å². The molecule has 2 rings (SSSR count). The second kappa shape index (κ2) is 5.56. The van der Waals surface area contributed by atoms with E-state index in [1.165, 1.54) is 0 Å². The zero-order chi connectivity index (χ0) is 13.8. The van der Waals surface area contributed by atoms with E-state index in [9.17, 15) is 0 Å². The number of hydrogen-bond acceptors (Lipinski definition) is 5. The van der Waals surface area contributed by atoms with E-state index >= 15 is 0 Å². The number of ether oxygens (including phenoxy) is 1. The highest BCUT2D eigenvalue weighted by atomic mass is 16.5. The van der Waals surface area contributed by atoms with Crippen LogP contribution in [0.5, 0.6) is 5.75 Å². The summed E-state index contributed by atoms with van der Waals surface area (Å²) in [6.45, 7) is 2.00. The van der Waals surface area contributed by atoms with E-state index in [0.29, 0.717) is 0 Å². The Morgan fingerprint density at radius 3 is 2.74 bits per heavy atom. The van der Waals surface area contributed by atoms with Gasteiger partial charge in [0.1, 0.15) is 23.7 Å². The van der Waals surface area contributed by atoms with Gasteiger partial charge >= 0.3 is 0 Å². The lowest BCUT2D eigenvalue weighted by Gasteiger charge is -2.21. The summed E-state index contributed by atoms with van der Waals surface area (Å²) in [6, 6.07) is 7.87. The van der Waals surface area contributed by atoms with Gasteiger partial charge in [0, 0.05) is 31.4 Å². The summed E-state index contributed by atoms with van der Waals surface area (Å²) in [5, 5.41) is 3.06. The van der Waals surface area contributed by atoms with Crippen LogP contribution in [0.25, 0.3) is 0 Å². The Balaban J connectivity index is 2.40. The maximum absolute atomic E-state index is 5.24. The quantitative estimate of drug-likeness (QED) is 0.913. The second-order valence-electron chi connectivity index (χ2n) is 4.18. The molecule has 1 N–H and O–H groups in total. The molecule has 0 saturated heterocycles. The van der Waals surface area contributed by atoms with Crippen LogP contribution in [0, 0.1) is 6.92 Å². The molecule has 0 radical (unpaired) electrons. The third-order valence-corrected chi connectivity index (χ3v) is 3.05. The lowest BCUT2D eigenvalue weighted by Crippen LogP contribution is -2.14. The van der Waals surface area contributed by atoms with Crippen molar-refractivity contribution in [1.29, 1.82) is 0 Å². The molecule has 0 atom stereocenters. The SMILES string of the molecule is CNc1ncnc(N(C)c2cccc(OC)c2)c1C. The number of hydrogen-bond donors (Lipinski definition) is 1. The molecule has 2 aromatic rings. The third kappa shape index (κ3) is 2.59. The molecule has 0 aliphatic rings. The molecule has 1 heterocycles. The minimum atomic E-state index is 0.824. The molecule has 0 spiro atoms. The molecule has 19 heavy (non-hydrogen) atoms. The maximum Gasteiger partial charge on any atom is 0.141 e. The zero-order valence-electron chi connectivity index (χ0n) is 11.6. The fourth-order valence-electron chi connectivity index (χ4n) is 1.97. The van der Waals surface area contributed by atoms with Crippen molar-refractivity contribution in [3.05, 3.63) is 36.2 Å². The van der Waals surface area contributed by atoms with Crippen molar-refractivity contribution >= 4 is 17.3 Å². The molecular weight excluding hydrogens is 240 g/mol. The van der Waals surface area contributed by atoms with Crippen LogP contribution >= 0.6 is 0 Å². The van der Waals surface area contributed by atoms with Crippen molar-refractivity contribution in [2.45, 2.75) is 6.92 Å². The smallest absolute Gasteiger partial charge is 0.141 e. The Hall–Kier alpha value is -2.30. The second-order valence-corrected chi connectivity index (χ2v) is 4.18. The van der Waals surface area contributed by atoms with E-state index in [1.807, 2.05) is 50.2 Å². The van der Waals surface area contributed by atoms with Gasteiger partial charge in [0.15, 0.2) is 0 Å². The Labute approximate surface area is 113 Å². The van der Waals surface area contributed by atoms with Gasteiger partial charge < -0.3 is 15.0 Å². The van der Waals surface area contributed by atoms with E-state index in [4.69, 9.17) is 4.74 Å². The fraction of sp³-hybridized carbons (Fsp3) is 0.286. The Bertz CT molecular complexity index is 571. The first kappa shape index (κ1) is 13.1. The van der Waals surface area contributed by atoms with Crippen molar-refractivity contribution in [1.82, 2.24) is 9.97 Å². The van der Waals surface area contributed by atoms with Crippen LogP contribution in [0.2, 0.25) is 0 Å². The predicted molar refractivity (Wildman–Crippen MR) is 77.4 cm³/mol. The van der Waals surface area contributed by atoms with Crippen LogP contribution in [0.3, 0.4) is 0 Å². The Morgan fingerprint density at radius 2 is 2.05 bits per heavy atom. The summed E-state index contributed by atoms with van der Waals surface area (Å²) < 4.78 is 5.24. The van der Waals surface area contributed by atoms with Gasteiger partial charge in [-0.2, -0.15) is 0 Å². The summed E-state index contributed by atoms with van der Waals surface area (Å²) >= 11 is 0. The van der Waals surface area contributed by atoms with Gasteiger partial charge in [-0.1, -0.05) is 6.07 Å². The minimum Gasteiger partial charge on any atom is -0.497 e. The summed E-state index contributed by atoms with van der Waals surface area (Å²) in [6.07, 6.45) is 1.56. The number of nitrogens with zero attached hydrogens (tertiary/aromatic N) is 3. The van der Waals surface area contributed by atoms with E-state index in [-0.39, 0.29) is 0 Å². The van der Waals surface area contributed by atoms with E-state index < -0.39 is 0 Å². The number of rotatable bonds is 4. The number of anilines is 3. The molecule has 0 aliphatic carbocycles. The molecule has 5 heteroatoms. The van der Waals surface area contributed by atoms with Crippen LogP contribution in [-0.4, -0.2) is 31.2 Å². The average molecular weight is 258 g/mol. The average Bonchev–Trinajstić information content (AvgIpc) is 2.47. The molecule has 0 unspecified atom stereocenters. The van der Waals surface area contributed by atoms with Crippen LogP contribution in [0.15, 0.2) is 30.6 Å². The van der Waals surface area contributed by atoms with E-state index in [2.05, 4.69) is 15.3 Å². The molecule has 0 saturated carbocycles. The molecular formula is C14H18N4O. The van der Waals surface area contributed by atoms with Gasteiger partial charge in [-0.25, -0.2) is 9.97 Å². The highest BCUT2D eigenvalue weighted by Crippen LogP contribution is 2.29. The predicted octanol–water partition coefficient (Wildman–Crippen LogP) is 2.60. The summed E-state index contributed by atoms with van der Waals surface area (Å²) in [5.74, 6) is 2.53. The maximum atomic E-state index is 5.24. The number of benzene rings is 1. The number of aromatic nitrogens is 2. The highest BCUT2D eigenvalue weighted by Gasteiger charge is 2.12. The Kier molecular flexibility index (Phi) is 3.85. The third-order valence-electron chi connectivity index (χ3n) is 3.05. The lowest BCUT2D eigenvalue weighted by molar-refractivity contribution is 0.415. The van der Waals surface area contributed by atoms with Crippen LogP contribution in [0.4, 0.5) is 17.3 Å². The first-order chi connectivity index (χ1) is 9.17. The molecule has 0 bridgehead atoms. The summed E-state index contributed by atoms with van der Waals surface area (Å²) in [4.78, 5) is 10.6. The number of nitrogens with one attached hydrogen (secondary N) is 1. The Morgan fingerprint density at radius 1 is 1.26 bits per heavy atom. The summed E-state index contributed by atoms with van der Waals surface area (Å²) in [5.41, 5.74) is 2.03. The lowest BCUT2D eigenvalue weighted by atomic mass is 10.2. The van der Waals surface area contributed by atoms with E-state index in [1.54, 1.807) is 13.4 Å². The van der Waals surface area contributed by atoms with Crippen molar-refractivity contribution in [3.8, 4) is 5.75 Å². The van der Waals surface area contributed by atoms with Crippen molar-refractivity contribution in [2.24, 2.45) is 0 Å². The van der Waals surface area contributed by atoms with Crippen molar-refractivity contribution in [2.75, 3.05) is 31.4 Å². The molecule has 0 aliphatic heterocycles. The first-order valence-corrected chi connectivity index (χ1v) is 6.04. The molecule has 0 amide bonds. The fourth-order valence-corrected chi connectivity index (χ4v) is 1.97. The monoisotopic (exact) mass is 258 g/mol. The molecule has 1 aromatic heterocycles. The largest absolute Gasteiger partial charge is 0.497 e. The standard InChI is InChI=1S/C14H18N4O/c1-10-13(15-2)16-9-17-14(10)18(3)11-6-5-7-12(8-11)19-4/h5-9H,1-4H3,(H,15,16,17). The first-order valence-electron chi connectivity index (χ1n) is 6.04. The number of methoxy groups -OCH3 is 1. The molecule has 1 aromatic carbocycles. The molecule has 0 fully saturated rings. The normalized spacial score (nSPS) is 10.1. The van der Waals surface area contributed by atoms with Gasteiger partial charge in [0.25, 0.3) is 0 Å². The van der Waals surface area contributed by atoms with E-state index in [0.717, 1.165) is 28.6 Å². The zero-order valence-corrected chi connectivity index (χ0v) is 11.6. The van der Waals surface area contributed by atoms with Crippen molar-refractivity contribution in [3.63, 3.8) is 0 Å². The van der Waals surface area contributed by atoms with Crippen LogP contribution in [0.1, 0.15) is 5.56 Å². The highest BCUT2D eigenvalue weighted by molar-refractivity contribution is 5.67. The van der Waals surface area contributed by atoms with Gasteiger partial charge in [0.05, 0.1) is 7.11 Å². The van der Waals surface area contributed by atoms with Crippen LogP contribution < -0.4 is 15.0 Å². The molecule has 5 nitrogen and oxygen atoms in total. The molecule has 100 valence electrons. The van der Waals surface area contributed by atoms with Crippen molar-refractivity contribution < 1.29 is 4.74 Å². The topological polar surface area (TPSA) is 50.3 Å². The summed E-state index contributed by atoms with van der Waals surface area (Å²) in [7, 11) is 5.49. The van der Waals surface area contributed by atoms with Gasteiger partial charge in [-0.3, -0.25) is 0 Å². The van der Waals surface area contributed by atoms with Gasteiger partial charge in [-0.05, 0) is 19.1 Å². The van der Waals surface area contributed by atoms with Gasteiger partial charge in [-0.15, -0.1) is 0 Å².